The molecular formula is C16H16ClFO3. The minimum atomic E-state index is -0.580. The van der Waals surface area contributed by atoms with E-state index in [1.165, 1.54) is 19.2 Å². The molecule has 2 rings (SSSR count). The standard InChI is InChI=1S/C16H16ClFO3/c1-10(19)12-4-6-15(16(8-12)20-2)21-9-11-3-5-14(18)13(17)7-11/h3-8,10,19H,9H2,1-2H3/t10-/m0/s1. The topological polar surface area (TPSA) is 38.7 Å². The van der Waals surface area contributed by atoms with Gasteiger partial charge in [-0.2, -0.15) is 0 Å². The highest BCUT2D eigenvalue weighted by molar-refractivity contribution is 6.30. The molecule has 2 aromatic carbocycles. The fraction of sp³-hybridized carbons (Fsp3) is 0.250. The molecule has 0 unspecified atom stereocenters. The van der Waals surface area contributed by atoms with Gasteiger partial charge in [0.25, 0.3) is 0 Å². The molecule has 2 aromatic rings. The second-order valence-electron chi connectivity index (χ2n) is 4.62. The van der Waals surface area contributed by atoms with Crippen molar-refractivity contribution in [1.29, 1.82) is 0 Å². The highest BCUT2D eigenvalue weighted by Crippen LogP contribution is 2.31. The summed E-state index contributed by atoms with van der Waals surface area (Å²) in [4.78, 5) is 0. The summed E-state index contributed by atoms with van der Waals surface area (Å²) >= 11 is 5.73. The van der Waals surface area contributed by atoms with E-state index in [4.69, 9.17) is 21.1 Å². The van der Waals surface area contributed by atoms with Crippen LogP contribution in [0.5, 0.6) is 11.5 Å². The van der Waals surface area contributed by atoms with Gasteiger partial charge in [0.1, 0.15) is 12.4 Å². The predicted molar refractivity (Wildman–Crippen MR) is 79.4 cm³/mol. The van der Waals surface area contributed by atoms with Crippen LogP contribution in [0, 0.1) is 5.82 Å². The maximum Gasteiger partial charge on any atom is 0.161 e. The smallest absolute Gasteiger partial charge is 0.161 e. The Morgan fingerprint density at radius 2 is 1.95 bits per heavy atom. The van der Waals surface area contributed by atoms with Crippen LogP contribution in [0.15, 0.2) is 36.4 Å². The lowest BCUT2D eigenvalue weighted by Crippen LogP contribution is -2.00. The first kappa shape index (κ1) is 15.6. The first-order chi connectivity index (χ1) is 10.0. The van der Waals surface area contributed by atoms with Gasteiger partial charge in [-0.1, -0.05) is 23.7 Å². The van der Waals surface area contributed by atoms with Crippen LogP contribution >= 0.6 is 11.6 Å². The Kier molecular flexibility index (Phi) is 5.04. The minimum absolute atomic E-state index is 0.0625. The number of halogens is 2. The van der Waals surface area contributed by atoms with Crippen LogP contribution in [-0.2, 0) is 6.61 Å². The summed E-state index contributed by atoms with van der Waals surface area (Å²) in [5, 5.41) is 9.61. The molecule has 0 fully saturated rings. The van der Waals surface area contributed by atoms with Gasteiger partial charge < -0.3 is 14.6 Å². The summed E-state index contributed by atoms with van der Waals surface area (Å²) in [7, 11) is 1.53. The van der Waals surface area contributed by atoms with Crippen molar-refractivity contribution in [3.63, 3.8) is 0 Å². The van der Waals surface area contributed by atoms with Crippen LogP contribution in [0.3, 0.4) is 0 Å². The fourth-order valence-electron chi connectivity index (χ4n) is 1.85. The van der Waals surface area contributed by atoms with E-state index >= 15 is 0 Å². The zero-order chi connectivity index (χ0) is 15.4. The normalized spacial score (nSPS) is 12.0. The lowest BCUT2D eigenvalue weighted by Gasteiger charge is -2.13. The zero-order valence-corrected chi connectivity index (χ0v) is 12.5. The van der Waals surface area contributed by atoms with E-state index in [1.54, 1.807) is 31.2 Å². The summed E-state index contributed by atoms with van der Waals surface area (Å²) in [6.45, 7) is 1.92. The first-order valence-electron chi connectivity index (χ1n) is 6.44. The van der Waals surface area contributed by atoms with Crippen molar-refractivity contribution in [3.8, 4) is 11.5 Å². The van der Waals surface area contributed by atoms with Crippen LogP contribution < -0.4 is 9.47 Å². The summed E-state index contributed by atoms with van der Waals surface area (Å²) < 4.78 is 24.0. The minimum Gasteiger partial charge on any atom is -0.493 e. The third-order valence-corrected chi connectivity index (χ3v) is 3.34. The van der Waals surface area contributed by atoms with E-state index < -0.39 is 11.9 Å². The molecule has 0 saturated heterocycles. The second-order valence-corrected chi connectivity index (χ2v) is 5.03. The number of rotatable bonds is 5. The molecular weight excluding hydrogens is 295 g/mol. The van der Waals surface area contributed by atoms with Crippen LogP contribution in [0.2, 0.25) is 5.02 Å². The van der Waals surface area contributed by atoms with Crippen molar-refractivity contribution in [2.75, 3.05) is 7.11 Å². The number of ether oxygens (including phenoxy) is 2. The van der Waals surface area contributed by atoms with Crippen LogP contribution in [0.25, 0.3) is 0 Å². The van der Waals surface area contributed by atoms with Crippen LogP contribution in [-0.4, -0.2) is 12.2 Å². The van der Waals surface area contributed by atoms with Gasteiger partial charge in [-0.15, -0.1) is 0 Å². The van der Waals surface area contributed by atoms with Crippen molar-refractivity contribution in [3.05, 3.63) is 58.4 Å². The van der Waals surface area contributed by atoms with Gasteiger partial charge in [0.15, 0.2) is 11.5 Å². The molecule has 3 nitrogen and oxygen atoms in total. The van der Waals surface area contributed by atoms with E-state index in [1.807, 2.05) is 0 Å². The molecule has 0 amide bonds. The molecule has 0 spiro atoms. The maximum atomic E-state index is 13.1. The van der Waals surface area contributed by atoms with Gasteiger partial charge in [0, 0.05) is 0 Å². The molecule has 1 atom stereocenters. The van der Waals surface area contributed by atoms with Gasteiger partial charge in [-0.05, 0) is 42.3 Å². The number of hydrogen-bond donors (Lipinski definition) is 1. The molecule has 1 N–H and O–H groups in total. The van der Waals surface area contributed by atoms with Gasteiger partial charge in [0.2, 0.25) is 0 Å². The second kappa shape index (κ2) is 6.78. The molecule has 0 heterocycles. The number of aliphatic hydroxyl groups is 1. The Bertz CT molecular complexity index is 629. The van der Waals surface area contributed by atoms with Gasteiger partial charge in [0.05, 0.1) is 18.2 Å². The average molecular weight is 311 g/mol. The van der Waals surface area contributed by atoms with E-state index in [9.17, 15) is 9.50 Å². The number of aliphatic hydroxyl groups excluding tert-OH is 1. The van der Waals surface area contributed by atoms with Gasteiger partial charge >= 0.3 is 0 Å². The Hall–Kier alpha value is -1.78. The Labute approximate surface area is 127 Å². The number of methoxy groups -OCH3 is 1. The molecule has 0 radical (unpaired) electrons. The molecule has 0 saturated carbocycles. The summed E-state index contributed by atoms with van der Waals surface area (Å²) in [6, 6.07) is 9.64. The first-order valence-corrected chi connectivity index (χ1v) is 6.81. The Morgan fingerprint density at radius 1 is 1.19 bits per heavy atom. The lowest BCUT2D eigenvalue weighted by atomic mass is 10.1. The molecule has 5 heteroatoms. The lowest BCUT2D eigenvalue weighted by molar-refractivity contribution is 0.198. The monoisotopic (exact) mass is 310 g/mol. The van der Waals surface area contributed by atoms with Gasteiger partial charge in [-0.25, -0.2) is 4.39 Å². The fourth-order valence-corrected chi connectivity index (χ4v) is 2.06. The third kappa shape index (κ3) is 3.86. The number of benzene rings is 2. The van der Waals surface area contributed by atoms with Crippen molar-refractivity contribution in [1.82, 2.24) is 0 Å². The van der Waals surface area contributed by atoms with Crippen LogP contribution in [0.1, 0.15) is 24.2 Å². The van der Waals surface area contributed by atoms with Crippen molar-refractivity contribution >= 4 is 11.6 Å². The summed E-state index contributed by atoms with van der Waals surface area (Å²) in [6.07, 6.45) is -0.580. The molecule has 112 valence electrons. The molecule has 21 heavy (non-hydrogen) atoms. The zero-order valence-electron chi connectivity index (χ0n) is 11.8. The SMILES string of the molecule is COc1cc([C@H](C)O)ccc1OCc1ccc(F)c(Cl)c1. The highest BCUT2D eigenvalue weighted by atomic mass is 35.5. The van der Waals surface area contributed by atoms with Crippen molar-refractivity contribution < 1.29 is 19.0 Å². The van der Waals surface area contributed by atoms with Crippen molar-refractivity contribution in [2.45, 2.75) is 19.6 Å². The molecule has 0 bridgehead atoms. The maximum absolute atomic E-state index is 13.1. The predicted octanol–water partition coefficient (Wildman–Crippen LogP) is 4.12. The summed E-state index contributed by atoms with van der Waals surface area (Å²) in [5.41, 5.74) is 1.49. The van der Waals surface area contributed by atoms with E-state index in [-0.39, 0.29) is 11.6 Å². The van der Waals surface area contributed by atoms with E-state index in [2.05, 4.69) is 0 Å². The number of hydrogen-bond acceptors (Lipinski definition) is 3. The Morgan fingerprint density at radius 3 is 2.57 bits per heavy atom. The van der Waals surface area contributed by atoms with Crippen molar-refractivity contribution in [2.24, 2.45) is 0 Å². The molecule has 0 aromatic heterocycles. The highest BCUT2D eigenvalue weighted by Gasteiger charge is 2.09. The Balaban J connectivity index is 2.13. The molecule has 0 aliphatic rings. The largest absolute Gasteiger partial charge is 0.493 e. The van der Waals surface area contributed by atoms with E-state index in [0.29, 0.717) is 11.5 Å². The van der Waals surface area contributed by atoms with Gasteiger partial charge in [-0.3, -0.25) is 0 Å². The molecule has 0 aliphatic carbocycles. The molecule has 0 aliphatic heterocycles. The third-order valence-electron chi connectivity index (χ3n) is 3.05. The quantitative estimate of drug-likeness (QED) is 0.903. The van der Waals surface area contributed by atoms with E-state index in [0.717, 1.165) is 11.1 Å². The average Bonchev–Trinajstić information content (AvgIpc) is 2.48. The summed E-state index contributed by atoms with van der Waals surface area (Å²) in [5.74, 6) is 0.614. The van der Waals surface area contributed by atoms with Crippen LogP contribution in [0.4, 0.5) is 4.39 Å².